The second kappa shape index (κ2) is 3.91. The van der Waals surface area contributed by atoms with Crippen LogP contribution in [0.4, 0.5) is 5.69 Å². The number of sulfone groups is 1. The maximum Gasteiger partial charge on any atom is 0.183 e. The zero-order valence-corrected chi connectivity index (χ0v) is 11.1. The van der Waals surface area contributed by atoms with E-state index in [0.717, 1.165) is 5.69 Å². The van der Waals surface area contributed by atoms with Gasteiger partial charge in [0.05, 0.1) is 15.3 Å². The van der Waals surface area contributed by atoms with Gasteiger partial charge in [-0.2, -0.15) is 0 Å². The van der Waals surface area contributed by atoms with Gasteiger partial charge in [0.15, 0.2) is 9.84 Å². The Morgan fingerprint density at radius 2 is 2.00 bits per heavy atom. The number of anilines is 1. The predicted molar refractivity (Wildman–Crippen MR) is 67.4 cm³/mol. The zero-order valence-electron chi connectivity index (χ0n) is 10.3. The first kappa shape index (κ1) is 12.2. The lowest BCUT2D eigenvalue weighted by Gasteiger charge is -2.23. The smallest absolute Gasteiger partial charge is 0.183 e. The number of hydrogen-bond donors (Lipinski definition) is 1. The molecule has 1 heterocycles. The van der Waals surface area contributed by atoms with Gasteiger partial charge < -0.3 is 10.1 Å². The van der Waals surface area contributed by atoms with Crippen LogP contribution in [0.1, 0.15) is 20.8 Å². The molecule has 4 nitrogen and oxygen atoms in total. The SMILES string of the molecule is CC(C)(C)S(=O)(=O)c1ccc2c(c1)NCCO2. The van der Waals surface area contributed by atoms with Crippen molar-refractivity contribution in [2.24, 2.45) is 0 Å². The van der Waals surface area contributed by atoms with E-state index in [1.165, 1.54) is 0 Å². The van der Waals surface area contributed by atoms with Crippen LogP contribution in [0.15, 0.2) is 23.1 Å². The van der Waals surface area contributed by atoms with Gasteiger partial charge in [-0.3, -0.25) is 0 Å². The second-order valence-electron chi connectivity index (χ2n) is 5.05. The van der Waals surface area contributed by atoms with Crippen molar-refractivity contribution >= 4 is 15.5 Å². The molecule has 2 rings (SSSR count). The van der Waals surface area contributed by atoms with Gasteiger partial charge in [-0.1, -0.05) is 0 Å². The molecule has 1 aliphatic heterocycles. The fraction of sp³-hybridized carbons (Fsp3) is 0.500. The second-order valence-corrected chi connectivity index (χ2v) is 7.75. The van der Waals surface area contributed by atoms with E-state index in [9.17, 15) is 8.42 Å². The van der Waals surface area contributed by atoms with Crippen LogP contribution in [0, 0.1) is 0 Å². The quantitative estimate of drug-likeness (QED) is 0.834. The lowest BCUT2D eigenvalue weighted by molar-refractivity contribution is 0.323. The molecule has 5 heteroatoms. The van der Waals surface area contributed by atoms with Crippen LogP contribution in [0.25, 0.3) is 0 Å². The summed E-state index contributed by atoms with van der Waals surface area (Å²) in [5.41, 5.74) is 0.751. The Hall–Kier alpha value is -1.23. The summed E-state index contributed by atoms with van der Waals surface area (Å²) in [6, 6.07) is 4.96. The molecule has 1 aliphatic rings. The number of ether oxygens (including phenoxy) is 1. The molecule has 0 aliphatic carbocycles. The summed E-state index contributed by atoms with van der Waals surface area (Å²) in [4.78, 5) is 0.335. The Balaban J connectivity index is 2.48. The van der Waals surface area contributed by atoms with Crippen molar-refractivity contribution in [2.45, 2.75) is 30.4 Å². The summed E-state index contributed by atoms with van der Waals surface area (Å²) in [5.74, 6) is 0.712. The molecule has 0 fully saturated rings. The van der Waals surface area contributed by atoms with Crippen LogP contribution in [-0.4, -0.2) is 26.3 Å². The van der Waals surface area contributed by atoms with Crippen LogP contribution < -0.4 is 10.1 Å². The van der Waals surface area contributed by atoms with E-state index in [1.807, 2.05) is 0 Å². The molecule has 0 atom stereocenters. The molecule has 0 aromatic heterocycles. The minimum Gasteiger partial charge on any atom is -0.490 e. The van der Waals surface area contributed by atoms with Crippen molar-refractivity contribution in [3.63, 3.8) is 0 Å². The van der Waals surface area contributed by atoms with Crippen molar-refractivity contribution in [1.29, 1.82) is 0 Å². The highest BCUT2D eigenvalue weighted by Crippen LogP contribution is 2.33. The van der Waals surface area contributed by atoms with E-state index in [2.05, 4.69) is 5.32 Å². The molecule has 0 unspecified atom stereocenters. The molecule has 1 aromatic rings. The van der Waals surface area contributed by atoms with Crippen molar-refractivity contribution < 1.29 is 13.2 Å². The van der Waals surface area contributed by atoms with Gasteiger partial charge in [0.1, 0.15) is 12.4 Å². The summed E-state index contributed by atoms with van der Waals surface area (Å²) in [6.45, 7) is 6.41. The van der Waals surface area contributed by atoms with E-state index in [-0.39, 0.29) is 0 Å². The van der Waals surface area contributed by atoms with Gasteiger partial charge in [0, 0.05) is 6.54 Å². The van der Waals surface area contributed by atoms with E-state index >= 15 is 0 Å². The normalized spacial score (nSPS) is 15.7. The van der Waals surface area contributed by atoms with Gasteiger partial charge in [-0.05, 0) is 39.0 Å². The lowest BCUT2D eigenvalue weighted by atomic mass is 10.2. The van der Waals surface area contributed by atoms with E-state index < -0.39 is 14.6 Å². The molecule has 0 saturated carbocycles. The van der Waals surface area contributed by atoms with Crippen molar-refractivity contribution in [1.82, 2.24) is 0 Å². The van der Waals surface area contributed by atoms with Gasteiger partial charge in [-0.15, -0.1) is 0 Å². The molecule has 1 N–H and O–H groups in total. The highest BCUT2D eigenvalue weighted by Gasteiger charge is 2.31. The molecule has 94 valence electrons. The molecule has 0 amide bonds. The van der Waals surface area contributed by atoms with Gasteiger partial charge in [0.2, 0.25) is 0 Å². The average molecular weight is 255 g/mol. The standard InChI is InChI=1S/C12H17NO3S/c1-12(2,3)17(14,15)9-4-5-11-10(8-9)13-6-7-16-11/h4-5,8,13H,6-7H2,1-3H3. The molecule has 17 heavy (non-hydrogen) atoms. The third-order valence-corrected chi connectivity index (χ3v) is 5.23. The minimum absolute atomic E-state index is 0.335. The van der Waals surface area contributed by atoms with E-state index in [1.54, 1.807) is 39.0 Å². The number of rotatable bonds is 1. The van der Waals surface area contributed by atoms with Crippen LogP contribution in [0.2, 0.25) is 0 Å². The summed E-state index contributed by atoms with van der Waals surface area (Å²) in [6.07, 6.45) is 0. The first-order chi connectivity index (χ1) is 7.82. The Morgan fingerprint density at radius 3 is 2.65 bits per heavy atom. The van der Waals surface area contributed by atoms with Crippen LogP contribution in [0.3, 0.4) is 0 Å². The number of fused-ring (bicyclic) bond motifs is 1. The first-order valence-corrected chi connectivity index (χ1v) is 7.06. The van der Waals surface area contributed by atoms with E-state index in [4.69, 9.17) is 4.74 Å². The molecule has 1 aromatic carbocycles. The van der Waals surface area contributed by atoms with E-state index in [0.29, 0.717) is 23.8 Å². The number of benzene rings is 1. The highest BCUT2D eigenvalue weighted by molar-refractivity contribution is 7.92. The van der Waals surface area contributed by atoms with Gasteiger partial charge in [0.25, 0.3) is 0 Å². The molecule has 0 bridgehead atoms. The third kappa shape index (κ3) is 2.11. The third-order valence-electron chi connectivity index (χ3n) is 2.74. The van der Waals surface area contributed by atoms with Crippen molar-refractivity contribution in [3.8, 4) is 5.75 Å². The Kier molecular flexibility index (Phi) is 2.81. The van der Waals surface area contributed by atoms with Crippen LogP contribution in [0.5, 0.6) is 5.75 Å². The number of hydrogen-bond acceptors (Lipinski definition) is 4. The zero-order chi connectivity index (χ0) is 12.7. The fourth-order valence-corrected chi connectivity index (χ4v) is 2.87. The predicted octanol–water partition coefficient (Wildman–Crippen LogP) is 2.06. The molecule has 0 radical (unpaired) electrons. The highest BCUT2D eigenvalue weighted by atomic mass is 32.2. The topological polar surface area (TPSA) is 55.4 Å². The average Bonchev–Trinajstić information content (AvgIpc) is 2.27. The van der Waals surface area contributed by atoms with Crippen molar-refractivity contribution in [3.05, 3.63) is 18.2 Å². The summed E-state index contributed by atoms with van der Waals surface area (Å²) in [5, 5.41) is 3.14. The largest absolute Gasteiger partial charge is 0.490 e. The van der Waals surface area contributed by atoms with Crippen LogP contribution >= 0.6 is 0 Å². The van der Waals surface area contributed by atoms with Gasteiger partial charge in [-0.25, -0.2) is 8.42 Å². The Bertz CT molecular complexity index is 529. The molecule has 0 spiro atoms. The Labute approximate surface area is 102 Å². The lowest BCUT2D eigenvalue weighted by Crippen LogP contribution is -2.28. The van der Waals surface area contributed by atoms with Gasteiger partial charge >= 0.3 is 0 Å². The molecular formula is C12H17NO3S. The Morgan fingerprint density at radius 1 is 1.29 bits per heavy atom. The minimum atomic E-state index is -3.31. The summed E-state index contributed by atoms with van der Waals surface area (Å²) < 4.78 is 29.2. The molecular weight excluding hydrogens is 238 g/mol. The monoisotopic (exact) mass is 255 g/mol. The van der Waals surface area contributed by atoms with Crippen molar-refractivity contribution in [2.75, 3.05) is 18.5 Å². The maximum absolute atomic E-state index is 12.3. The fourth-order valence-electron chi connectivity index (χ4n) is 1.64. The maximum atomic E-state index is 12.3. The first-order valence-electron chi connectivity index (χ1n) is 5.58. The summed E-state index contributed by atoms with van der Waals surface area (Å²) in [7, 11) is -3.31. The van der Waals surface area contributed by atoms with Crippen LogP contribution in [-0.2, 0) is 9.84 Å². The summed E-state index contributed by atoms with van der Waals surface area (Å²) >= 11 is 0. The molecule has 0 saturated heterocycles. The number of nitrogens with one attached hydrogen (secondary N) is 1.